The highest BCUT2D eigenvalue weighted by molar-refractivity contribution is 5.83. The van der Waals surface area contributed by atoms with Crippen molar-refractivity contribution in [3.63, 3.8) is 0 Å². The summed E-state index contributed by atoms with van der Waals surface area (Å²) in [7, 11) is 3.19. The average molecular weight is 633 g/mol. The first-order valence-corrected chi connectivity index (χ1v) is 15.0. The normalized spacial score (nSPS) is 18.6. The Balaban J connectivity index is 1.44. The van der Waals surface area contributed by atoms with Crippen molar-refractivity contribution in [2.24, 2.45) is 0 Å². The molecule has 2 aliphatic heterocycles. The van der Waals surface area contributed by atoms with Crippen molar-refractivity contribution < 1.29 is 27.9 Å². The van der Waals surface area contributed by atoms with E-state index in [2.05, 4.69) is 11.9 Å². The number of ether oxygens (including phenoxy) is 1. The molecule has 1 N–H and O–H groups in total. The van der Waals surface area contributed by atoms with Gasteiger partial charge in [0, 0.05) is 58.4 Å². The lowest BCUT2D eigenvalue weighted by atomic mass is 9.99. The molecule has 2 heterocycles. The van der Waals surface area contributed by atoms with Crippen LogP contribution in [0.25, 0.3) is 0 Å². The van der Waals surface area contributed by atoms with Gasteiger partial charge in [0.05, 0.1) is 12.6 Å². The van der Waals surface area contributed by atoms with E-state index in [0.29, 0.717) is 24.3 Å². The van der Waals surface area contributed by atoms with Gasteiger partial charge in [-0.25, -0.2) is 28.4 Å². The Kier molecular flexibility index (Phi) is 10.3. The fraction of sp³-hybridized carbons (Fsp3) is 0.324. The number of halogens is 2. The number of rotatable bonds is 9. The number of urea groups is 1. The Morgan fingerprint density at radius 1 is 1.02 bits per heavy atom. The molecule has 46 heavy (non-hydrogen) atoms. The maximum atomic E-state index is 14.8. The van der Waals surface area contributed by atoms with Crippen LogP contribution in [0.4, 0.5) is 18.4 Å². The lowest BCUT2D eigenvalue weighted by Crippen LogP contribution is -2.75. The molecule has 0 aliphatic carbocycles. The Labute approximate surface area is 267 Å². The van der Waals surface area contributed by atoms with Gasteiger partial charge in [-0.3, -0.25) is 9.69 Å². The van der Waals surface area contributed by atoms with Gasteiger partial charge in [-0.05, 0) is 35.7 Å². The number of hydrogen-bond acceptors (Lipinski definition) is 6. The number of hydrazine groups is 1. The molecule has 2 aliphatic rings. The number of hydrogen-bond donors (Lipinski definition) is 1. The minimum atomic E-state index is -0.709. The van der Waals surface area contributed by atoms with Crippen LogP contribution in [0.5, 0.6) is 5.75 Å². The third kappa shape index (κ3) is 7.69. The first-order chi connectivity index (χ1) is 22.1. The molecule has 2 fully saturated rings. The minimum Gasteiger partial charge on any atom is -0.410 e. The molecule has 5 rings (SSSR count). The molecule has 4 amide bonds. The van der Waals surface area contributed by atoms with Crippen LogP contribution in [0.3, 0.4) is 0 Å². The summed E-state index contributed by atoms with van der Waals surface area (Å²) in [6.45, 7) is 5.13. The van der Waals surface area contributed by atoms with Crippen molar-refractivity contribution >= 4 is 18.0 Å². The second kappa shape index (κ2) is 14.5. The second-order valence-corrected chi connectivity index (χ2v) is 11.6. The van der Waals surface area contributed by atoms with Gasteiger partial charge in [0.15, 0.2) is 0 Å². The third-order valence-electron chi connectivity index (χ3n) is 8.01. The summed E-state index contributed by atoms with van der Waals surface area (Å²) in [4.78, 5) is 44.7. The molecule has 0 unspecified atom stereocenters. The maximum absolute atomic E-state index is 14.8. The van der Waals surface area contributed by atoms with Gasteiger partial charge < -0.3 is 19.9 Å². The zero-order valence-electron chi connectivity index (χ0n) is 25.9. The van der Waals surface area contributed by atoms with Crippen LogP contribution >= 0.6 is 0 Å². The number of benzene rings is 3. The summed E-state index contributed by atoms with van der Waals surface area (Å²) in [5.41, 5.74) is 2.11. The van der Waals surface area contributed by atoms with Gasteiger partial charge >= 0.3 is 12.1 Å². The monoisotopic (exact) mass is 632 g/mol. The van der Waals surface area contributed by atoms with Gasteiger partial charge in [-0.1, -0.05) is 54.6 Å². The number of carbonyl (C=O) groups excluding carboxylic acids is 3. The van der Waals surface area contributed by atoms with E-state index >= 15 is 0 Å². The molecule has 3 aromatic carbocycles. The number of fused-ring (bicyclic) bond motifs is 1. The van der Waals surface area contributed by atoms with Crippen LogP contribution in [0, 0.1) is 11.6 Å². The standard InChI is InChI=1S/C34H38F2N6O4/c1-4-16-40-23-32(43)41-28(17-24-10-14-29(15-11-24)46-34(45)38(2)3)21-39(20-26-12-13-27(35)18-30(26)36)22-31(41)42(40)33(44)37-19-25-8-6-5-7-9-25/h4-15,18,28,31H,1,16-17,19-23H2,2-3H3,(H,37,44)/t28-,31-/m0/s1. The zero-order chi connectivity index (χ0) is 32.8. The van der Waals surface area contributed by atoms with E-state index in [0.717, 1.165) is 17.2 Å². The Bertz CT molecular complexity index is 1550. The molecule has 2 saturated heterocycles. The molecule has 3 aromatic rings. The Morgan fingerprint density at radius 2 is 1.76 bits per heavy atom. The van der Waals surface area contributed by atoms with Crippen molar-refractivity contribution in [3.05, 3.63) is 114 Å². The molecule has 0 spiro atoms. The number of piperazine rings is 1. The van der Waals surface area contributed by atoms with Gasteiger partial charge in [0.25, 0.3) is 0 Å². The van der Waals surface area contributed by atoms with Crippen molar-refractivity contribution in [1.29, 1.82) is 0 Å². The van der Waals surface area contributed by atoms with Crippen molar-refractivity contribution in [2.45, 2.75) is 31.7 Å². The third-order valence-corrected chi connectivity index (χ3v) is 8.01. The van der Waals surface area contributed by atoms with Gasteiger partial charge in [0.2, 0.25) is 5.91 Å². The topological polar surface area (TPSA) is 88.7 Å². The average Bonchev–Trinajstić information content (AvgIpc) is 3.02. The Hall–Kier alpha value is -4.81. The predicted molar refractivity (Wildman–Crippen MR) is 168 cm³/mol. The van der Waals surface area contributed by atoms with E-state index in [9.17, 15) is 23.2 Å². The van der Waals surface area contributed by atoms with Crippen LogP contribution in [0.2, 0.25) is 0 Å². The highest BCUT2D eigenvalue weighted by Crippen LogP contribution is 2.29. The lowest BCUT2D eigenvalue weighted by molar-refractivity contribution is -0.182. The molecule has 10 nitrogen and oxygen atoms in total. The largest absolute Gasteiger partial charge is 0.414 e. The van der Waals surface area contributed by atoms with E-state index in [1.807, 2.05) is 47.4 Å². The summed E-state index contributed by atoms with van der Waals surface area (Å²) in [6, 6.07) is 19.3. The molecule has 0 radical (unpaired) electrons. The fourth-order valence-corrected chi connectivity index (χ4v) is 5.85. The van der Waals surface area contributed by atoms with Crippen molar-refractivity contribution in [3.8, 4) is 5.75 Å². The van der Waals surface area contributed by atoms with Crippen LogP contribution in [-0.4, -0.2) is 95.2 Å². The van der Waals surface area contributed by atoms with Crippen LogP contribution in [-0.2, 0) is 24.3 Å². The summed E-state index contributed by atoms with van der Waals surface area (Å²) in [5, 5.41) is 6.22. The Morgan fingerprint density at radius 3 is 2.43 bits per heavy atom. The lowest BCUT2D eigenvalue weighted by Gasteiger charge is -2.55. The van der Waals surface area contributed by atoms with Gasteiger partial charge in [0.1, 0.15) is 23.5 Å². The van der Waals surface area contributed by atoms with E-state index in [1.54, 1.807) is 47.2 Å². The van der Waals surface area contributed by atoms with Crippen LogP contribution in [0.1, 0.15) is 16.7 Å². The number of amides is 4. The van der Waals surface area contributed by atoms with E-state index < -0.39 is 23.9 Å². The number of nitrogens with zero attached hydrogens (tertiary/aromatic N) is 5. The van der Waals surface area contributed by atoms with E-state index in [1.165, 1.54) is 17.0 Å². The zero-order valence-corrected chi connectivity index (χ0v) is 25.9. The smallest absolute Gasteiger partial charge is 0.410 e. The van der Waals surface area contributed by atoms with Gasteiger partial charge in [-0.15, -0.1) is 6.58 Å². The summed E-state index contributed by atoms with van der Waals surface area (Å²) in [6.07, 6.45) is 0.851. The highest BCUT2D eigenvalue weighted by atomic mass is 19.1. The number of carbonyl (C=O) groups is 3. The molecular formula is C34H38F2N6O4. The van der Waals surface area contributed by atoms with E-state index in [-0.39, 0.29) is 50.7 Å². The van der Waals surface area contributed by atoms with Crippen LogP contribution in [0.15, 0.2) is 85.5 Å². The summed E-state index contributed by atoms with van der Waals surface area (Å²) < 4.78 is 33.8. The number of nitrogens with one attached hydrogen (secondary N) is 1. The molecular weight excluding hydrogens is 594 g/mol. The van der Waals surface area contributed by atoms with Crippen molar-refractivity contribution in [1.82, 2.24) is 30.0 Å². The molecule has 0 aromatic heterocycles. The van der Waals surface area contributed by atoms with Crippen molar-refractivity contribution in [2.75, 3.05) is 40.3 Å². The van der Waals surface area contributed by atoms with E-state index in [4.69, 9.17) is 4.74 Å². The molecule has 0 bridgehead atoms. The molecule has 0 saturated carbocycles. The molecule has 12 heteroatoms. The second-order valence-electron chi connectivity index (χ2n) is 11.6. The quantitative estimate of drug-likeness (QED) is 0.356. The highest BCUT2D eigenvalue weighted by Gasteiger charge is 2.48. The van der Waals surface area contributed by atoms with Gasteiger partial charge in [-0.2, -0.15) is 0 Å². The first-order valence-electron chi connectivity index (χ1n) is 15.0. The predicted octanol–water partition coefficient (Wildman–Crippen LogP) is 4.24. The minimum absolute atomic E-state index is 0.0240. The maximum Gasteiger partial charge on any atom is 0.414 e. The molecule has 242 valence electrons. The first kappa shape index (κ1) is 32.6. The molecule has 2 atom stereocenters. The summed E-state index contributed by atoms with van der Waals surface area (Å²) in [5.74, 6) is -1.09. The summed E-state index contributed by atoms with van der Waals surface area (Å²) >= 11 is 0. The fourth-order valence-electron chi connectivity index (χ4n) is 5.85. The van der Waals surface area contributed by atoms with Crippen LogP contribution < -0.4 is 10.1 Å². The SMILES string of the molecule is C=CCN1CC(=O)N2[C@@H](Cc3ccc(OC(=O)N(C)C)cc3)CN(Cc3ccc(F)cc3F)C[C@@H]2N1C(=O)NCc1ccccc1.